The molecule has 2 aromatic carbocycles. The lowest BCUT2D eigenvalue weighted by molar-refractivity contribution is 0.291. The highest BCUT2D eigenvalue weighted by molar-refractivity contribution is 7.99. The molecular weight excluding hydrogens is 390 g/mol. The topological polar surface area (TPSA) is 62.3 Å². The minimum atomic E-state index is -3.66. The molecule has 1 N–H and O–H groups in total. The fraction of sp³-hybridized carbons (Fsp3) is 0.286. The molecule has 1 fully saturated rings. The van der Waals surface area contributed by atoms with Gasteiger partial charge in [-0.1, -0.05) is 35.9 Å². The number of nitrogens with zero attached hydrogens (tertiary/aromatic N) is 2. The van der Waals surface area contributed by atoms with Gasteiger partial charge >= 0.3 is 0 Å². The first kappa shape index (κ1) is 19.2. The number of benzene rings is 2. The molecule has 3 aromatic rings. The first-order valence-corrected chi connectivity index (χ1v) is 11.9. The molecule has 0 radical (unpaired) electrons. The zero-order chi connectivity index (χ0) is 19.6. The summed E-state index contributed by atoms with van der Waals surface area (Å²) >= 11 is 1.98. The lowest BCUT2D eigenvalue weighted by atomic mass is 10.1. The lowest BCUT2D eigenvalue weighted by Crippen LogP contribution is -2.32. The summed E-state index contributed by atoms with van der Waals surface area (Å²) in [5.41, 5.74) is 3.17. The third-order valence-corrected chi connectivity index (χ3v) is 7.17. The standard InChI is InChI=1S/C21H23N3O2S2/c1-16-5-9-19(10-6-16)28(25,26)23-20-4-2-3-17-7-8-18(22-21(17)20)15-24-11-13-27-14-12-24/h2-10,23H,11-15H2,1H3. The van der Waals surface area contributed by atoms with Crippen molar-refractivity contribution in [3.63, 3.8) is 0 Å². The smallest absolute Gasteiger partial charge is 0.261 e. The van der Waals surface area contributed by atoms with Gasteiger partial charge in [-0.15, -0.1) is 0 Å². The highest BCUT2D eigenvalue weighted by Gasteiger charge is 2.17. The van der Waals surface area contributed by atoms with Crippen molar-refractivity contribution in [1.82, 2.24) is 9.88 Å². The van der Waals surface area contributed by atoms with Crippen molar-refractivity contribution in [2.75, 3.05) is 29.3 Å². The van der Waals surface area contributed by atoms with E-state index in [2.05, 4.69) is 9.62 Å². The molecule has 0 aliphatic carbocycles. The van der Waals surface area contributed by atoms with Gasteiger partial charge in [0.25, 0.3) is 10.0 Å². The summed E-state index contributed by atoms with van der Waals surface area (Å²) in [5, 5.41) is 0.919. The lowest BCUT2D eigenvalue weighted by Gasteiger charge is -2.25. The summed E-state index contributed by atoms with van der Waals surface area (Å²) in [6.07, 6.45) is 0. The third-order valence-electron chi connectivity index (χ3n) is 4.84. The van der Waals surface area contributed by atoms with Crippen molar-refractivity contribution in [2.45, 2.75) is 18.4 Å². The van der Waals surface area contributed by atoms with Crippen LogP contribution in [0.25, 0.3) is 10.9 Å². The normalized spacial score (nSPS) is 15.6. The maximum absolute atomic E-state index is 12.8. The molecule has 1 aliphatic rings. The Morgan fingerprint density at radius 2 is 1.79 bits per heavy atom. The number of sulfonamides is 1. The molecule has 1 saturated heterocycles. The molecule has 146 valence electrons. The molecule has 0 bridgehead atoms. The number of pyridine rings is 1. The first-order chi connectivity index (χ1) is 13.5. The fourth-order valence-corrected chi connectivity index (χ4v) is 5.31. The number of fused-ring (bicyclic) bond motifs is 1. The van der Waals surface area contributed by atoms with Gasteiger partial charge in [-0.3, -0.25) is 9.62 Å². The molecule has 5 nitrogen and oxygen atoms in total. The van der Waals surface area contributed by atoms with E-state index in [4.69, 9.17) is 4.98 Å². The molecule has 28 heavy (non-hydrogen) atoms. The quantitative estimate of drug-likeness (QED) is 0.687. The van der Waals surface area contributed by atoms with Gasteiger partial charge in [0.1, 0.15) is 0 Å². The molecule has 0 spiro atoms. The molecule has 7 heteroatoms. The molecule has 4 rings (SSSR count). The first-order valence-electron chi connectivity index (χ1n) is 9.29. The van der Waals surface area contributed by atoms with E-state index in [1.54, 1.807) is 30.3 Å². The number of nitrogens with one attached hydrogen (secondary N) is 1. The number of hydrogen-bond acceptors (Lipinski definition) is 5. The average molecular weight is 414 g/mol. The Bertz CT molecular complexity index is 1080. The second kappa shape index (κ2) is 8.11. The Kier molecular flexibility index (Phi) is 5.57. The Morgan fingerprint density at radius 3 is 2.54 bits per heavy atom. The molecule has 0 saturated carbocycles. The maximum Gasteiger partial charge on any atom is 0.261 e. The molecular formula is C21H23N3O2S2. The van der Waals surface area contributed by atoms with E-state index in [1.165, 1.54) is 0 Å². The van der Waals surface area contributed by atoms with Gasteiger partial charge in [-0.05, 0) is 31.2 Å². The van der Waals surface area contributed by atoms with E-state index in [-0.39, 0.29) is 4.90 Å². The van der Waals surface area contributed by atoms with Crippen molar-refractivity contribution in [3.8, 4) is 0 Å². The summed E-state index contributed by atoms with van der Waals surface area (Å²) in [7, 11) is -3.66. The van der Waals surface area contributed by atoms with Crippen LogP contribution in [-0.4, -0.2) is 42.9 Å². The van der Waals surface area contributed by atoms with Crippen LogP contribution in [0.1, 0.15) is 11.3 Å². The summed E-state index contributed by atoms with van der Waals surface area (Å²) in [6.45, 7) is 4.84. The second-order valence-electron chi connectivity index (χ2n) is 6.99. The van der Waals surface area contributed by atoms with Crippen molar-refractivity contribution >= 4 is 38.4 Å². The monoisotopic (exact) mass is 413 g/mol. The number of rotatable bonds is 5. The predicted octanol–water partition coefficient (Wildman–Crippen LogP) is 3.89. The van der Waals surface area contributed by atoms with Crippen LogP contribution in [0.4, 0.5) is 5.69 Å². The van der Waals surface area contributed by atoms with Crippen molar-refractivity contribution in [3.05, 3.63) is 65.9 Å². The maximum atomic E-state index is 12.8. The van der Waals surface area contributed by atoms with Crippen LogP contribution in [0.5, 0.6) is 0 Å². The largest absolute Gasteiger partial charge is 0.296 e. The molecule has 0 amide bonds. The molecule has 1 aliphatic heterocycles. The minimum Gasteiger partial charge on any atom is -0.296 e. The predicted molar refractivity (Wildman–Crippen MR) is 116 cm³/mol. The van der Waals surface area contributed by atoms with Crippen LogP contribution < -0.4 is 4.72 Å². The van der Waals surface area contributed by atoms with Gasteiger partial charge in [0.05, 0.1) is 21.8 Å². The van der Waals surface area contributed by atoms with Gasteiger partial charge in [-0.2, -0.15) is 11.8 Å². The number of aryl methyl sites for hydroxylation is 1. The van der Waals surface area contributed by atoms with E-state index in [9.17, 15) is 8.42 Å². The Labute approximate surface area is 170 Å². The molecule has 0 unspecified atom stereocenters. The van der Waals surface area contributed by atoms with Gasteiger partial charge in [0, 0.05) is 36.5 Å². The summed E-state index contributed by atoms with van der Waals surface area (Å²) in [4.78, 5) is 7.43. The van der Waals surface area contributed by atoms with Crippen molar-refractivity contribution in [1.29, 1.82) is 0 Å². The Morgan fingerprint density at radius 1 is 1.04 bits per heavy atom. The van der Waals surface area contributed by atoms with E-state index in [0.717, 1.165) is 47.8 Å². The van der Waals surface area contributed by atoms with Crippen LogP contribution in [-0.2, 0) is 16.6 Å². The van der Waals surface area contributed by atoms with E-state index in [1.807, 2.05) is 43.0 Å². The zero-order valence-electron chi connectivity index (χ0n) is 15.8. The van der Waals surface area contributed by atoms with Crippen LogP contribution >= 0.6 is 11.8 Å². The minimum absolute atomic E-state index is 0.247. The van der Waals surface area contributed by atoms with E-state index >= 15 is 0 Å². The summed E-state index contributed by atoms with van der Waals surface area (Å²) in [6, 6.07) is 16.4. The van der Waals surface area contributed by atoms with Crippen molar-refractivity contribution in [2.24, 2.45) is 0 Å². The molecule has 1 aromatic heterocycles. The zero-order valence-corrected chi connectivity index (χ0v) is 17.4. The van der Waals surface area contributed by atoms with Crippen LogP contribution in [0.15, 0.2) is 59.5 Å². The van der Waals surface area contributed by atoms with E-state index < -0.39 is 10.0 Å². The fourth-order valence-electron chi connectivity index (χ4n) is 3.27. The number of anilines is 1. The van der Waals surface area contributed by atoms with Gasteiger partial charge < -0.3 is 0 Å². The van der Waals surface area contributed by atoms with Crippen molar-refractivity contribution < 1.29 is 8.42 Å². The SMILES string of the molecule is Cc1ccc(S(=O)(=O)Nc2cccc3ccc(CN4CCSCC4)nc23)cc1. The van der Waals surface area contributed by atoms with Gasteiger partial charge in [0.15, 0.2) is 0 Å². The van der Waals surface area contributed by atoms with Crippen LogP contribution in [0.2, 0.25) is 0 Å². The molecule has 0 atom stereocenters. The summed E-state index contributed by atoms with van der Waals surface area (Å²) < 4.78 is 28.3. The highest BCUT2D eigenvalue weighted by Crippen LogP contribution is 2.25. The Hall–Kier alpha value is -2.09. The number of aromatic nitrogens is 1. The number of para-hydroxylation sites is 1. The Balaban J connectivity index is 1.64. The van der Waals surface area contributed by atoms with Crippen LogP contribution in [0.3, 0.4) is 0 Å². The third kappa shape index (κ3) is 4.32. The van der Waals surface area contributed by atoms with Crippen LogP contribution in [0, 0.1) is 6.92 Å². The number of hydrogen-bond donors (Lipinski definition) is 1. The highest BCUT2D eigenvalue weighted by atomic mass is 32.2. The average Bonchev–Trinajstić information content (AvgIpc) is 2.69. The molecule has 2 heterocycles. The summed E-state index contributed by atoms with van der Waals surface area (Å²) in [5.74, 6) is 2.30. The number of thioether (sulfide) groups is 1. The van der Waals surface area contributed by atoms with E-state index in [0.29, 0.717) is 11.2 Å². The van der Waals surface area contributed by atoms with Gasteiger partial charge in [0.2, 0.25) is 0 Å². The van der Waals surface area contributed by atoms with Gasteiger partial charge in [-0.25, -0.2) is 13.4 Å². The second-order valence-corrected chi connectivity index (χ2v) is 9.89.